The van der Waals surface area contributed by atoms with Crippen LogP contribution in [0.4, 0.5) is 4.79 Å². The van der Waals surface area contributed by atoms with Crippen molar-refractivity contribution in [3.8, 4) is 0 Å². The molecule has 0 saturated heterocycles. The van der Waals surface area contributed by atoms with Crippen LogP contribution in [-0.2, 0) is 24.3 Å². The number of nitrogens with one attached hydrogen (secondary N) is 1. The Morgan fingerprint density at radius 3 is 2.45 bits per heavy atom. The van der Waals surface area contributed by atoms with Crippen molar-refractivity contribution in [2.75, 3.05) is 26.7 Å². The molecular formula is C19H26N2O7S. The smallest absolute Gasteiger partial charge is 0.407 e. The largest absolute Gasteiger partial charge is 0.481 e. The lowest BCUT2D eigenvalue weighted by Crippen LogP contribution is -2.37. The zero-order valence-electron chi connectivity index (χ0n) is 16.5. The number of rotatable bonds is 12. The van der Waals surface area contributed by atoms with Gasteiger partial charge in [-0.3, -0.25) is 9.59 Å². The van der Waals surface area contributed by atoms with Crippen molar-refractivity contribution in [2.45, 2.75) is 24.7 Å². The Morgan fingerprint density at radius 2 is 1.90 bits per heavy atom. The van der Waals surface area contributed by atoms with Crippen LogP contribution in [0, 0.1) is 12.8 Å². The number of aryl methyl sites for hydroxylation is 1. The van der Waals surface area contributed by atoms with Crippen LogP contribution in [0.25, 0.3) is 0 Å². The molecule has 0 bridgehead atoms. The van der Waals surface area contributed by atoms with Crippen molar-refractivity contribution in [1.29, 1.82) is 0 Å². The Balaban J connectivity index is 2.65. The van der Waals surface area contributed by atoms with Gasteiger partial charge in [0.2, 0.25) is 10.0 Å². The van der Waals surface area contributed by atoms with Gasteiger partial charge in [0.25, 0.3) is 0 Å². The first kappa shape index (κ1) is 24.3. The molecule has 0 aliphatic heterocycles. The fraction of sp³-hybridized carbons (Fsp3) is 0.421. The molecule has 10 heteroatoms. The van der Waals surface area contributed by atoms with Crippen molar-refractivity contribution in [3.05, 3.63) is 42.5 Å². The van der Waals surface area contributed by atoms with Crippen molar-refractivity contribution < 1.29 is 32.6 Å². The zero-order valence-corrected chi connectivity index (χ0v) is 17.3. The van der Waals surface area contributed by atoms with Gasteiger partial charge in [-0.15, -0.1) is 0 Å². The van der Waals surface area contributed by atoms with E-state index >= 15 is 0 Å². The van der Waals surface area contributed by atoms with Crippen molar-refractivity contribution in [1.82, 2.24) is 9.62 Å². The maximum absolute atomic E-state index is 12.6. The van der Waals surface area contributed by atoms with Gasteiger partial charge in [0.15, 0.2) is 5.78 Å². The minimum atomic E-state index is -3.92. The van der Waals surface area contributed by atoms with Crippen molar-refractivity contribution in [3.63, 3.8) is 0 Å². The van der Waals surface area contributed by atoms with E-state index < -0.39 is 40.3 Å². The number of ketones is 1. The summed E-state index contributed by atoms with van der Waals surface area (Å²) in [4.78, 5) is 35.1. The summed E-state index contributed by atoms with van der Waals surface area (Å²) in [7, 11) is -2.69. The van der Waals surface area contributed by atoms with Gasteiger partial charge >= 0.3 is 12.1 Å². The molecule has 9 nitrogen and oxygen atoms in total. The fourth-order valence-corrected chi connectivity index (χ4v) is 3.55. The third-order valence-electron chi connectivity index (χ3n) is 4.07. The second-order valence-electron chi connectivity index (χ2n) is 6.39. The lowest BCUT2D eigenvalue weighted by Gasteiger charge is -2.19. The SMILES string of the molecule is C=CCOC(=O)NCCCC(C(=O)O)C(=O)CN(C)S(=O)(=O)c1ccc(C)cc1. The van der Waals surface area contributed by atoms with E-state index in [1.54, 1.807) is 12.1 Å². The molecule has 0 aromatic heterocycles. The van der Waals surface area contributed by atoms with E-state index in [2.05, 4.69) is 11.9 Å². The van der Waals surface area contributed by atoms with Gasteiger partial charge in [-0.2, -0.15) is 4.31 Å². The minimum absolute atomic E-state index is 0.0208. The van der Waals surface area contributed by atoms with Crippen LogP contribution in [0.15, 0.2) is 41.8 Å². The number of benzene rings is 1. The monoisotopic (exact) mass is 426 g/mol. The number of carboxylic acid groups (broad SMARTS) is 1. The first-order valence-electron chi connectivity index (χ1n) is 8.89. The summed E-state index contributed by atoms with van der Waals surface area (Å²) < 4.78 is 30.6. The van der Waals surface area contributed by atoms with Gasteiger partial charge in [-0.25, -0.2) is 13.2 Å². The highest BCUT2D eigenvalue weighted by atomic mass is 32.2. The van der Waals surface area contributed by atoms with Crippen LogP contribution in [0.3, 0.4) is 0 Å². The van der Waals surface area contributed by atoms with E-state index in [1.165, 1.54) is 25.3 Å². The molecule has 1 aromatic rings. The van der Waals surface area contributed by atoms with Gasteiger partial charge in [0, 0.05) is 13.6 Å². The Hall–Kier alpha value is -2.72. The number of likely N-dealkylation sites (N-methyl/N-ethyl adjacent to an activating group) is 1. The molecule has 1 rings (SSSR count). The number of alkyl carbamates (subject to hydrolysis) is 1. The van der Waals surface area contributed by atoms with Gasteiger partial charge < -0.3 is 15.2 Å². The van der Waals surface area contributed by atoms with Gasteiger partial charge in [-0.05, 0) is 31.9 Å². The number of carbonyl (C=O) groups is 3. The minimum Gasteiger partial charge on any atom is -0.481 e. The summed E-state index contributed by atoms with van der Waals surface area (Å²) >= 11 is 0. The molecular weight excluding hydrogens is 400 g/mol. The molecule has 0 aliphatic rings. The number of sulfonamides is 1. The molecule has 1 unspecified atom stereocenters. The molecule has 29 heavy (non-hydrogen) atoms. The Bertz CT molecular complexity index is 835. The second kappa shape index (κ2) is 11.3. The summed E-state index contributed by atoms with van der Waals surface area (Å²) in [5.41, 5.74) is 0.885. The van der Waals surface area contributed by atoms with Gasteiger partial charge in [0.05, 0.1) is 11.4 Å². The van der Waals surface area contributed by atoms with E-state index in [0.717, 1.165) is 9.87 Å². The van der Waals surface area contributed by atoms with Crippen LogP contribution >= 0.6 is 0 Å². The van der Waals surface area contributed by atoms with E-state index in [-0.39, 0.29) is 30.9 Å². The standard InChI is InChI=1S/C19H26N2O7S/c1-4-12-28-19(25)20-11-5-6-16(18(23)24)17(22)13-21(3)29(26,27)15-9-7-14(2)8-10-15/h4,7-10,16H,1,5-6,11-13H2,2-3H3,(H,20,25)(H,23,24). The number of aliphatic carboxylic acids is 1. The number of carboxylic acids is 1. The second-order valence-corrected chi connectivity index (χ2v) is 8.43. The maximum atomic E-state index is 12.6. The summed E-state index contributed by atoms with van der Waals surface area (Å²) in [5, 5.41) is 11.7. The number of carbonyl (C=O) groups excluding carboxylic acids is 2. The summed E-state index contributed by atoms with van der Waals surface area (Å²) in [6, 6.07) is 6.13. The molecule has 0 heterocycles. The van der Waals surface area contributed by atoms with E-state index in [9.17, 15) is 27.9 Å². The normalized spacial score (nSPS) is 12.2. The topological polar surface area (TPSA) is 130 Å². The molecule has 1 amide bonds. The molecule has 0 aliphatic carbocycles. The van der Waals surface area contributed by atoms with E-state index in [4.69, 9.17) is 4.74 Å². The molecule has 1 atom stereocenters. The molecule has 1 aromatic carbocycles. The highest BCUT2D eigenvalue weighted by molar-refractivity contribution is 7.89. The number of ether oxygens (including phenoxy) is 1. The predicted octanol–water partition coefficient (Wildman–Crippen LogP) is 1.58. The summed E-state index contributed by atoms with van der Waals surface area (Å²) in [5.74, 6) is -3.45. The van der Waals surface area contributed by atoms with Crippen LogP contribution < -0.4 is 5.32 Å². The Morgan fingerprint density at radius 1 is 1.28 bits per heavy atom. The van der Waals surface area contributed by atoms with Crippen LogP contribution in [0.1, 0.15) is 18.4 Å². The number of amides is 1. The average molecular weight is 426 g/mol. The van der Waals surface area contributed by atoms with Crippen molar-refractivity contribution in [2.24, 2.45) is 5.92 Å². The van der Waals surface area contributed by atoms with Crippen LogP contribution in [0.2, 0.25) is 0 Å². The number of hydrogen-bond acceptors (Lipinski definition) is 6. The van der Waals surface area contributed by atoms with Crippen LogP contribution in [0.5, 0.6) is 0 Å². The highest BCUT2D eigenvalue weighted by Crippen LogP contribution is 2.17. The quantitative estimate of drug-likeness (QED) is 0.295. The fourth-order valence-electron chi connectivity index (χ4n) is 2.41. The maximum Gasteiger partial charge on any atom is 0.407 e. The van der Waals surface area contributed by atoms with Crippen LogP contribution in [-0.4, -0.2) is 62.4 Å². The predicted molar refractivity (Wildman–Crippen MR) is 106 cm³/mol. The van der Waals surface area contributed by atoms with E-state index in [0.29, 0.717) is 0 Å². The average Bonchev–Trinajstić information content (AvgIpc) is 2.66. The lowest BCUT2D eigenvalue weighted by molar-refractivity contribution is -0.146. The van der Waals surface area contributed by atoms with Crippen molar-refractivity contribution >= 4 is 27.9 Å². The molecule has 160 valence electrons. The van der Waals surface area contributed by atoms with Gasteiger partial charge in [-0.1, -0.05) is 30.4 Å². The molecule has 0 spiro atoms. The molecule has 2 N–H and O–H groups in total. The summed E-state index contributed by atoms with van der Waals surface area (Å²) in [6.45, 7) is 4.81. The van der Waals surface area contributed by atoms with E-state index in [1.807, 2.05) is 6.92 Å². The lowest BCUT2D eigenvalue weighted by atomic mass is 9.98. The Kier molecular flexibility index (Phi) is 9.49. The molecule has 0 fully saturated rings. The zero-order chi connectivity index (χ0) is 22.0. The first-order valence-corrected chi connectivity index (χ1v) is 10.3. The number of nitrogens with zero attached hydrogens (tertiary/aromatic N) is 1. The third-order valence-corrected chi connectivity index (χ3v) is 5.88. The Labute approximate surface area is 170 Å². The first-order chi connectivity index (χ1) is 13.6. The number of Topliss-reactive ketones (excluding diaryl/α,β-unsaturated/α-hetero) is 1. The van der Waals surface area contributed by atoms with Gasteiger partial charge in [0.1, 0.15) is 12.5 Å². The third kappa shape index (κ3) is 7.66. The molecule has 0 radical (unpaired) electrons. The molecule has 0 saturated carbocycles. The highest BCUT2D eigenvalue weighted by Gasteiger charge is 2.30. The summed E-state index contributed by atoms with van der Waals surface area (Å²) in [6.07, 6.45) is 0.890. The number of hydrogen-bond donors (Lipinski definition) is 2.